The first kappa shape index (κ1) is 13.4. The van der Waals surface area contributed by atoms with Gasteiger partial charge in [-0.15, -0.1) is 0 Å². The maximum absolute atomic E-state index is 12.0. The van der Waals surface area contributed by atoms with Gasteiger partial charge in [0.1, 0.15) is 10.9 Å². The molecule has 0 atom stereocenters. The van der Waals surface area contributed by atoms with Crippen LogP contribution in [0.2, 0.25) is 5.15 Å². The first-order valence-electron chi connectivity index (χ1n) is 5.62. The van der Waals surface area contributed by atoms with Crippen LogP contribution in [-0.2, 0) is 13.6 Å². The van der Waals surface area contributed by atoms with Gasteiger partial charge >= 0.3 is 5.69 Å². The minimum atomic E-state index is -0.437. The highest BCUT2D eigenvalue weighted by molar-refractivity contribution is 6.29. The van der Waals surface area contributed by atoms with Crippen molar-refractivity contribution in [3.63, 3.8) is 0 Å². The summed E-state index contributed by atoms with van der Waals surface area (Å²) in [6.45, 7) is 0.301. The van der Waals surface area contributed by atoms with Gasteiger partial charge in [0.05, 0.1) is 13.7 Å². The van der Waals surface area contributed by atoms with Crippen molar-refractivity contribution in [2.45, 2.75) is 6.54 Å². The SMILES string of the molecule is COc1ccc(Cn2c(Cl)cc(=O)n(C)c2=O)cc1. The van der Waals surface area contributed by atoms with E-state index in [2.05, 4.69) is 0 Å². The van der Waals surface area contributed by atoms with Crippen LogP contribution in [0.4, 0.5) is 0 Å². The van der Waals surface area contributed by atoms with Gasteiger partial charge in [-0.1, -0.05) is 23.7 Å². The van der Waals surface area contributed by atoms with Crippen molar-refractivity contribution in [3.05, 3.63) is 61.9 Å². The predicted octanol–water partition coefficient (Wildman–Crippen LogP) is 1.26. The molecule has 1 aromatic carbocycles. The summed E-state index contributed by atoms with van der Waals surface area (Å²) in [5.41, 5.74) is 0.0396. The van der Waals surface area contributed by atoms with Gasteiger partial charge in [-0.3, -0.25) is 13.9 Å². The zero-order valence-electron chi connectivity index (χ0n) is 10.6. The van der Waals surface area contributed by atoms with E-state index < -0.39 is 11.2 Å². The van der Waals surface area contributed by atoms with E-state index in [1.165, 1.54) is 17.7 Å². The van der Waals surface area contributed by atoms with Crippen molar-refractivity contribution in [2.75, 3.05) is 7.11 Å². The standard InChI is InChI=1S/C13H13ClN2O3/c1-15-12(17)7-11(14)16(13(15)18)8-9-3-5-10(19-2)6-4-9/h3-7H,8H2,1-2H3. The number of hydrogen-bond donors (Lipinski definition) is 0. The number of rotatable bonds is 3. The van der Waals surface area contributed by atoms with E-state index >= 15 is 0 Å². The van der Waals surface area contributed by atoms with Crippen LogP contribution in [0, 0.1) is 0 Å². The van der Waals surface area contributed by atoms with Crippen molar-refractivity contribution < 1.29 is 4.74 Å². The average Bonchev–Trinajstić information content (AvgIpc) is 2.42. The molecule has 0 aliphatic carbocycles. The summed E-state index contributed by atoms with van der Waals surface area (Å²) in [4.78, 5) is 23.4. The fraction of sp³-hybridized carbons (Fsp3) is 0.231. The molecule has 5 nitrogen and oxygen atoms in total. The van der Waals surface area contributed by atoms with Crippen LogP contribution < -0.4 is 16.0 Å². The number of ether oxygens (including phenoxy) is 1. The molecular formula is C13H13ClN2O3. The second-order valence-corrected chi connectivity index (χ2v) is 4.47. The van der Waals surface area contributed by atoms with Gasteiger partial charge in [-0.05, 0) is 17.7 Å². The maximum Gasteiger partial charge on any atom is 0.332 e. The van der Waals surface area contributed by atoms with Crippen molar-refractivity contribution in [3.8, 4) is 5.75 Å². The molecule has 0 saturated carbocycles. The summed E-state index contributed by atoms with van der Waals surface area (Å²) in [6, 6.07) is 8.51. The molecule has 0 spiro atoms. The monoisotopic (exact) mass is 280 g/mol. The van der Waals surface area contributed by atoms with Crippen LogP contribution in [-0.4, -0.2) is 16.2 Å². The number of benzene rings is 1. The lowest BCUT2D eigenvalue weighted by atomic mass is 10.2. The third kappa shape index (κ3) is 2.71. The fourth-order valence-corrected chi connectivity index (χ4v) is 1.93. The van der Waals surface area contributed by atoms with E-state index in [-0.39, 0.29) is 5.15 Å². The predicted molar refractivity (Wildman–Crippen MR) is 73.0 cm³/mol. The first-order chi connectivity index (χ1) is 9.02. The quantitative estimate of drug-likeness (QED) is 0.796. The molecule has 0 bridgehead atoms. The average molecular weight is 281 g/mol. The van der Waals surface area contributed by atoms with Crippen molar-refractivity contribution in [1.29, 1.82) is 0 Å². The van der Waals surface area contributed by atoms with Gasteiger partial charge in [0.2, 0.25) is 0 Å². The molecule has 0 unspecified atom stereocenters. The molecule has 0 radical (unpaired) electrons. The fourth-order valence-electron chi connectivity index (χ4n) is 1.70. The highest BCUT2D eigenvalue weighted by Gasteiger charge is 2.07. The first-order valence-corrected chi connectivity index (χ1v) is 6.00. The van der Waals surface area contributed by atoms with Gasteiger partial charge in [0.25, 0.3) is 5.56 Å². The van der Waals surface area contributed by atoms with E-state index in [1.807, 2.05) is 12.1 Å². The molecule has 0 saturated heterocycles. The third-order valence-corrected chi connectivity index (χ3v) is 3.16. The smallest absolute Gasteiger partial charge is 0.332 e. The topological polar surface area (TPSA) is 53.2 Å². The highest BCUT2D eigenvalue weighted by Crippen LogP contribution is 2.13. The maximum atomic E-state index is 12.0. The summed E-state index contributed by atoms with van der Waals surface area (Å²) in [7, 11) is 3.01. The van der Waals surface area contributed by atoms with Crippen molar-refractivity contribution in [1.82, 2.24) is 9.13 Å². The molecule has 0 N–H and O–H groups in total. The summed E-state index contributed by atoms with van der Waals surface area (Å²) in [5.74, 6) is 0.739. The van der Waals surface area contributed by atoms with Gasteiger partial charge in [-0.25, -0.2) is 4.79 Å². The molecule has 19 heavy (non-hydrogen) atoms. The lowest BCUT2D eigenvalue weighted by Gasteiger charge is -2.10. The molecule has 2 rings (SSSR count). The van der Waals surface area contributed by atoms with Crippen LogP contribution in [0.1, 0.15) is 5.56 Å². The number of halogens is 1. The Labute approximate surface area is 114 Å². The van der Waals surface area contributed by atoms with Crippen LogP contribution >= 0.6 is 11.6 Å². The molecule has 0 aliphatic heterocycles. The van der Waals surface area contributed by atoms with Gasteiger partial charge in [0.15, 0.2) is 0 Å². The summed E-state index contributed by atoms with van der Waals surface area (Å²) in [5, 5.41) is 0.129. The number of hydrogen-bond acceptors (Lipinski definition) is 3. The zero-order chi connectivity index (χ0) is 14.0. The Kier molecular flexibility index (Phi) is 3.76. The second kappa shape index (κ2) is 5.32. The Balaban J connectivity index is 2.40. The molecule has 6 heteroatoms. The molecule has 0 amide bonds. The number of aromatic nitrogens is 2. The summed E-state index contributed by atoms with van der Waals surface area (Å²) in [6.07, 6.45) is 0. The summed E-state index contributed by atoms with van der Waals surface area (Å²) >= 11 is 5.94. The van der Waals surface area contributed by atoms with Gasteiger partial charge in [-0.2, -0.15) is 0 Å². The molecule has 1 aromatic heterocycles. The Morgan fingerprint density at radius 2 is 1.84 bits per heavy atom. The van der Waals surface area contributed by atoms with E-state index in [4.69, 9.17) is 16.3 Å². The lowest BCUT2D eigenvalue weighted by Crippen LogP contribution is -2.37. The van der Waals surface area contributed by atoms with E-state index in [9.17, 15) is 9.59 Å². The molecule has 1 heterocycles. The second-order valence-electron chi connectivity index (χ2n) is 4.08. The third-order valence-electron chi connectivity index (χ3n) is 2.85. The normalized spacial score (nSPS) is 10.5. The minimum Gasteiger partial charge on any atom is -0.497 e. The highest BCUT2D eigenvalue weighted by atomic mass is 35.5. The largest absolute Gasteiger partial charge is 0.497 e. The molecule has 2 aromatic rings. The van der Waals surface area contributed by atoms with E-state index in [1.54, 1.807) is 19.2 Å². The van der Waals surface area contributed by atoms with Crippen LogP contribution in [0.25, 0.3) is 0 Å². The van der Waals surface area contributed by atoms with Crippen LogP contribution in [0.15, 0.2) is 39.9 Å². The molecule has 100 valence electrons. The van der Waals surface area contributed by atoms with Crippen LogP contribution in [0.3, 0.4) is 0 Å². The Morgan fingerprint density at radius 3 is 2.42 bits per heavy atom. The Bertz CT molecular complexity index is 701. The van der Waals surface area contributed by atoms with Gasteiger partial charge in [0, 0.05) is 13.1 Å². The van der Waals surface area contributed by atoms with E-state index in [0.29, 0.717) is 6.54 Å². The Morgan fingerprint density at radius 1 is 1.21 bits per heavy atom. The summed E-state index contributed by atoms with van der Waals surface area (Å²) < 4.78 is 7.42. The van der Waals surface area contributed by atoms with Crippen molar-refractivity contribution >= 4 is 11.6 Å². The lowest BCUT2D eigenvalue weighted by molar-refractivity contribution is 0.414. The van der Waals surface area contributed by atoms with Crippen LogP contribution in [0.5, 0.6) is 5.75 Å². The molecule has 0 fully saturated rings. The molecular weight excluding hydrogens is 268 g/mol. The minimum absolute atomic E-state index is 0.129. The number of nitrogens with zero attached hydrogens (tertiary/aromatic N) is 2. The number of methoxy groups -OCH3 is 1. The molecule has 0 aliphatic rings. The zero-order valence-corrected chi connectivity index (χ0v) is 11.3. The van der Waals surface area contributed by atoms with Crippen molar-refractivity contribution in [2.24, 2.45) is 7.05 Å². The van der Waals surface area contributed by atoms with E-state index in [0.717, 1.165) is 15.9 Å². The Hall–Kier alpha value is -2.01. The van der Waals surface area contributed by atoms with Gasteiger partial charge < -0.3 is 4.74 Å².